The van der Waals surface area contributed by atoms with Crippen molar-refractivity contribution in [3.05, 3.63) is 95.3 Å². The molecule has 0 atom stereocenters. The van der Waals surface area contributed by atoms with Gasteiger partial charge in [0.25, 0.3) is 5.91 Å². The predicted octanol–water partition coefficient (Wildman–Crippen LogP) is 4.12. The molecule has 1 amide bonds. The summed E-state index contributed by atoms with van der Waals surface area (Å²) in [7, 11) is -3.71. The number of hydrogen-bond donors (Lipinski definition) is 1. The maximum absolute atomic E-state index is 14.2. The number of sulfonamides is 1. The lowest BCUT2D eigenvalue weighted by Crippen LogP contribution is -2.30. The Bertz CT molecular complexity index is 1180. The maximum Gasteiger partial charge on any atom is 0.251 e. The number of benzene rings is 3. The van der Waals surface area contributed by atoms with Gasteiger partial charge in [0.05, 0.1) is 25.1 Å². The molecule has 6 nitrogen and oxygen atoms in total. The Morgan fingerprint density at radius 3 is 2.38 bits per heavy atom. The fourth-order valence-corrected chi connectivity index (χ4v) is 4.05. The predicted molar refractivity (Wildman–Crippen MR) is 123 cm³/mol. The third-order valence-electron chi connectivity index (χ3n) is 4.73. The van der Waals surface area contributed by atoms with Gasteiger partial charge in [-0.3, -0.25) is 9.10 Å². The van der Waals surface area contributed by atoms with Crippen molar-refractivity contribution in [3.63, 3.8) is 0 Å². The largest absolute Gasteiger partial charge is 0.494 e. The molecule has 3 aromatic carbocycles. The minimum Gasteiger partial charge on any atom is -0.494 e. The minimum atomic E-state index is -3.71. The fourth-order valence-electron chi connectivity index (χ4n) is 3.16. The van der Waals surface area contributed by atoms with Crippen molar-refractivity contribution in [3.8, 4) is 5.75 Å². The standard InChI is InChI=1S/C24H25FN2O4S/c1-3-31-21-8-6-7-19(15-21)16-26-24(28)20-13-11-18(12-14-20)17-27(32(2,29)30)23-10-5-4-9-22(23)25/h4-15H,3,16-17H2,1-2H3,(H,26,28). The number of rotatable bonds is 9. The molecule has 0 saturated carbocycles. The number of ether oxygens (including phenoxy) is 1. The summed E-state index contributed by atoms with van der Waals surface area (Å²) in [5.41, 5.74) is 1.95. The van der Waals surface area contributed by atoms with Crippen LogP contribution in [0.3, 0.4) is 0 Å². The summed E-state index contributed by atoms with van der Waals surface area (Å²) in [6.07, 6.45) is 1.03. The molecule has 0 heterocycles. The molecule has 0 aliphatic rings. The molecule has 3 rings (SSSR count). The van der Waals surface area contributed by atoms with E-state index in [1.165, 1.54) is 18.2 Å². The van der Waals surface area contributed by atoms with E-state index in [2.05, 4.69) is 5.32 Å². The van der Waals surface area contributed by atoms with Crippen molar-refractivity contribution < 1.29 is 22.3 Å². The van der Waals surface area contributed by atoms with Crippen molar-refractivity contribution in [2.24, 2.45) is 0 Å². The molecule has 0 unspecified atom stereocenters. The first kappa shape index (κ1) is 23.3. The SMILES string of the molecule is CCOc1cccc(CNC(=O)c2ccc(CN(c3ccccc3F)S(C)(=O)=O)cc2)c1. The van der Waals surface area contributed by atoms with Gasteiger partial charge in [-0.2, -0.15) is 0 Å². The molecule has 0 saturated heterocycles. The van der Waals surface area contributed by atoms with Gasteiger partial charge < -0.3 is 10.1 Å². The van der Waals surface area contributed by atoms with Crippen LogP contribution >= 0.6 is 0 Å². The summed E-state index contributed by atoms with van der Waals surface area (Å²) in [6, 6.07) is 19.7. The zero-order chi connectivity index (χ0) is 23.1. The lowest BCUT2D eigenvalue weighted by atomic mass is 10.1. The van der Waals surface area contributed by atoms with Gasteiger partial charge in [0.15, 0.2) is 0 Å². The van der Waals surface area contributed by atoms with Gasteiger partial charge in [-0.05, 0) is 54.4 Å². The van der Waals surface area contributed by atoms with E-state index in [-0.39, 0.29) is 18.1 Å². The molecular weight excluding hydrogens is 431 g/mol. The Hall–Kier alpha value is -3.39. The van der Waals surface area contributed by atoms with E-state index >= 15 is 0 Å². The van der Waals surface area contributed by atoms with Gasteiger partial charge in [0.1, 0.15) is 11.6 Å². The topological polar surface area (TPSA) is 75.7 Å². The van der Waals surface area contributed by atoms with E-state index in [0.717, 1.165) is 21.9 Å². The first-order chi connectivity index (χ1) is 15.3. The average Bonchev–Trinajstić information content (AvgIpc) is 2.77. The maximum atomic E-state index is 14.2. The molecule has 1 N–H and O–H groups in total. The van der Waals surface area contributed by atoms with Crippen LogP contribution in [0.25, 0.3) is 0 Å². The highest BCUT2D eigenvalue weighted by Gasteiger charge is 2.21. The number of nitrogens with zero attached hydrogens (tertiary/aromatic N) is 1. The van der Waals surface area contributed by atoms with E-state index < -0.39 is 15.8 Å². The van der Waals surface area contributed by atoms with E-state index in [4.69, 9.17) is 4.74 Å². The Labute approximate surface area is 187 Å². The van der Waals surface area contributed by atoms with Crippen LogP contribution in [0, 0.1) is 5.82 Å². The number of halogens is 1. The zero-order valence-corrected chi connectivity index (χ0v) is 18.7. The highest BCUT2D eigenvalue weighted by Crippen LogP contribution is 2.24. The van der Waals surface area contributed by atoms with Crippen LogP contribution in [0.1, 0.15) is 28.4 Å². The van der Waals surface area contributed by atoms with E-state index in [0.29, 0.717) is 24.3 Å². The Kier molecular flexibility index (Phi) is 7.48. The molecule has 168 valence electrons. The Balaban J connectivity index is 1.68. The van der Waals surface area contributed by atoms with E-state index in [9.17, 15) is 17.6 Å². The van der Waals surface area contributed by atoms with Crippen LogP contribution in [0.15, 0.2) is 72.8 Å². The van der Waals surface area contributed by atoms with Crippen LogP contribution < -0.4 is 14.4 Å². The molecule has 0 spiro atoms. The molecule has 0 bridgehead atoms. The van der Waals surface area contributed by atoms with Crippen LogP contribution in [0.2, 0.25) is 0 Å². The van der Waals surface area contributed by atoms with Crippen LogP contribution in [0.4, 0.5) is 10.1 Å². The number of carbonyl (C=O) groups excluding carboxylic acids is 1. The highest BCUT2D eigenvalue weighted by molar-refractivity contribution is 7.92. The number of nitrogens with one attached hydrogen (secondary N) is 1. The summed E-state index contributed by atoms with van der Waals surface area (Å²) in [6.45, 7) is 2.77. The Morgan fingerprint density at radius 1 is 1.00 bits per heavy atom. The monoisotopic (exact) mass is 456 g/mol. The summed E-state index contributed by atoms with van der Waals surface area (Å²) in [4.78, 5) is 12.5. The lowest BCUT2D eigenvalue weighted by molar-refractivity contribution is 0.0951. The zero-order valence-electron chi connectivity index (χ0n) is 17.9. The second kappa shape index (κ2) is 10.3. The highest BCUT2D eigenvalue weighted by atomic mass is 32.2. The van der Waals surface area contributed by atoms with Gasteiger partial charge in [0, 0.05) is 12.1 Å². The van der Waals surface area contributed by atoms with Gasteiger partial charge in [-0.15, -0.1) is 0 Å². The lowest BCUT2D eigenvalue weighted by Gasteiger charge is -2.23. The molecule has 32 heavy (non-hydrogen) atoms. The number of para-hydroxylation sites is 1. The molecule has 0 radical (unpaired) electrons. The number of anilines is 1. The first-order valence-electron chi connectivity index (χ1n) is 10.1. The van der Waals surface area contributed by atoms with Crippen molar-refractivity contribution >= 4 is 21.6 Å². The number of hydrogen-bond acceptors (Lipinski definition) is 4. The average molecular weight is 457 g/mol. The molecule has 0 aliphatic carbocycles. The van der Waals surface area contributed by atoms with E-state index in [1.54, 1.807) is 30.3 Å². The number of amides is 1. The quantitative estimate of drug-likeness (QED) is 0.526. The summed E-state index contributed by atoms with van der Waals surface area (Å²) >= 11 is 0. The smallest absolute Gasteiger partial charge is 0.251 e. The van der Waals surface area contributed by atoms with Crippen LogP contribution in [-0.4, -0.2) is 27.2 Å². The fraction of sp³-hybridized carbons (Fsp3) is 0.208. The minimum absolute atomic E-state index is 0.0221. The summed E-state index contributed by atoms with van der Waals surface area (Å²) < 4.78 is 45.1. The van der Waals surface area contributed by atoms with Crippen molar-refractivity contribution in [2.75, 3.05) is 17.2 Å². The van der Waals surface area contributed by atoms with Crippen LogP contribution in [-0.2, 0) is 23.1 Å². The van der Waals surface area contributed by atoms with Crippen molar-refractivity contribution in [1.29, 1.82) is 0 Å². The van der Waals surface area contributed by atoms with Crippen molar-refractivity contribution in [1.82, 2.24) is 5.32 Å². The van der Waals surface area contributed by atoms with Crippen LogP contribution in [0.5, 0.6) is 5.75 Å². The van der Waals surface area contributed by atoms with Crippen molar-refractivity contribution in [2.45, 2.75) is 20.0 Å². The summed E-state index contributed by atoms with van der Waals surface area (Å²) in [5.74, 6) is -0.136. The third kappa shape index (κ3) is 6.07. The van der Waals surface area contributed by atoms with Gasteiger partial charge >= 0.3 is 0 Å². The second-order valence-electron chi connectivity index (χ2n) is 7.18. The normalized spacial score (nSPS) is 11.1. The molecule has 3 aromatic rings. The molecule has 8 heteroatoms. The molecule has 0 aliphatic heterocycles. The summed E-state index contributed by atoms with van der Waals surface area (Å²) in [5, 5.41) is 2.85. The van der Waals surface area contributed by atoms with Gasteiger partial charge in [0.2, 0.25) is 10.0 Å². The van der Waals surface area contributed by atoms with Gasteiger partial charge in [-0.25, -0.2) is 12.8 Å². The van der Waals surface area contributed by atoms with E-state index in [1.807, 2.05) is 31.2 Å². The first-order valence-corrected chi connectivity index (χ1v) is 11.9. The molecule has 0 aromatic heterocycles. The van der Waals surface area contributed by atoms with Gasteiger partial charge in [-0.1, -0.05) is 36.4 Å². The number of carbonyl (C=O) groups is 1. The third-order valence-corrected chi connectivity index (χ3v) is 5.85. The second-order valence-corrected chi connectivity index (χ2v) is 9.09. The Morgan fingerprint density at radius 2 is 1.72 bits per heavy atom. The molecular formula is C24H25FN2O4S. The molecule has 0 fully saturated rings.